The molecule has 0 rings (SSSR count). The van der Waals surface area contributed by atoms with Crippen molar-refractivity contribution >= 4 is 19.8 Å². The summed E-state index contributed by atoms with van der Waals surface area (Å²) in [5, 5.41) is 0. The second-order valence-corrected chi connectivity index (χ2v) is 12.2. The largest absolute Gasteiger partial charge is 0.756 e. The van der Waals surface area contributed by atoms with Crippen molar-refractivity contribution in [1.82, 2.24) is 0 Å². The molecule has 0 aromatic heterocycles. The molecule has 2 unspecified atom stereocenters. The van der Waals surface area contributed by atoms with Gasteiger partial charge >= 0.3 is 11.9 Å². The number of hydrogen-bond acceptors (Lipinski definition) is 8. The lowest BCUT2D eigenvalue weighted by Gasteiger charge is -2.28. The van der Waals surface area contributed by atoms with Gasteiger partial charge in [-0.3, -0.25) is 14.2 Å². The molecule has 0 heterocycles. The molecule has 0 aliphatic carbocycles. The molecule has 0 N–H and O–H groups in total. The molecule has 0 fully saturated rings. The Hall–Kier alpha value is -1.25. The number of nitrogens with zero attached hydrogens (tertiary/aromatic N) is 1. The molecule has 0 saturated heterocycles. The Morgan fingerprint density at radius 1 is 0.789 bits per heavy atom. The van der Waals surface area contributed by atoms with Crippen LogP contribution in [0.25, 0.3) is 0 Å². The molecule has 0 aromatic carbocycles. The number of esters is 2. The summed E-state index contributed by atoms with van der Waals surface area (Å²) in [7, 11) is 1.15. The minimum Gasteiger partial charge on any atom is -0.756 e. The van der Waals surface area contributed by atoms with Crippen molar-refractivity contribution in [3.8, 4) is 0 Å². The first kappa shape index (κ1) is 36.8. The van der Waals surface area contributed by atoms with Crippen LogP contribution >= 0.6 is 7.82 Å². The number of phosphoric acid groups is 1. The third-order valence-corrected chi connectivity index (χ3v) is 6.73. The highest BCUT2D eigenvalue weighted by atomic mass is 31.2. The molecule has 9 nitrogen and oxygen atoms in total. The van der Waals surface area contributed by atoms with Crippen molar-refractivity contribution in [3.05, 3.63) is 12.2 Å². The number of hydrogen-bond donors (Lipinski definition) is 0. The van der Waals surface area contributed by atoms with E-state index in [1.54, 1.807) is 0 Å². The van der Waals surface area contributed by atoms with Gasteiger partial charge in [-0.15, -0.1) is 0 Å². The summed E-state index contributed by atoms with van der Waals surface area (Å²) in [6.07, 6.45) is 16.0. The highest BCUT2D eigenvalue weighted by Crippen LogP contribution is 2.38. The molecule has 0 bridgehead atoms. The predicted octanol–water partition coefficient (Wildman–Crippen LogP) is 5.71. The van der Waals surface area contributed by atoms with E-state index in [-0.39, 0.29) is 26.1 Å². The van der Waals surface area contributed by atoms with Gasteiger partial charge in [-0.05, 0) is 32.1 Å². The predicted molar refractivity (Wildman–Crippen MR) is 148 cm³/mol. The fraction of sp³-hybridized carbons (Fsp3) is 0.857. The second-order valence-electron chi connectivity index (χ2n) is 10.8. The van der Waals surface area contributed by atoms with E-state index >= 15 is 0 Å². The minimum absolute atomic E-state index is 0.0312. The number of unbranched alkanes of at least 4 members (excludes halogenated alkanes) is 9. The van der Waals surface area contributed by atoms with Crippen LogP contribution < -0.4 is 4.89 Å². The molecule has 38 heavy (non-hydrogen) atoms. The molecule has 0 radical (unpaired) electrons. The summed E-state index contributed by atoms with van der Waals surface area (Å²) < 4.78 is 33.2. The van der Waals surface area contributed by atoms with E-state index in [2.05, 4.69) is 26.0 Å². The maximum Gasteiger partial charge on any atom is 0.306 e. The first-order valence-corrected chi connectivity index (χ1v) is 15.9. The van der Waals surface area contributed by atoms with Crippen molar-refractivity contribution in [2.75, 3.05) is 47.5 Å². The normalized spacial score (nSPS) is 14.4. The number of quaternary nitrogens is 1. The maximum atomic E-state index is 12.4. The highest BCUT2D eigenvalue weighted by Gasteiger charge is 2.21. The van der Waals surface area contributed by atoms with Crippen molar-refractivity contribution in [3.63, 3.8) is 0 Å². The number of allylic oxidation sites excluding steroid dienone is 2. The highest BCUT2D eigenvalue weighted by molar-refractivity contribution is 7.45. The van der Waals surface area contributed by atoms with Crippen LogP contribution in [0.3, 0.4) is 0 Å². The summed E-state index contributed by atoms with van der Waals surface area (Å²) in [6.45, 7) is 3.97. The number of rotatable bonds is 25. The number of ether oxygens (including phenoxy) is 2. The van der Waals surface area contributed by atoms with Crippen LogP contribution in [0.1, 0.15) is 104 Å². The van der Waals surface area contributed by atoms with Crippen LogP contribution in [0.5, 0.6) is 0 Å². The molecule has 10 heteroatoms. The summed E-state index contributed by atoms with van der Waals surface area (Å²) in [4.78, 5) is 36.6. The first-order valence-electron chi connectivity index (χ1n) is 14.4. The van der Waals surface area contributed by atoms with Gasteiger partial charge in [0.15, 0.2) is 6.10 Å². The quantitative estimate of drug-likeness (QED) is 0.0457. The smallest absolute Gasteiger partial charge is 0.306 e. The molecule has 2 atom stereocenters. The van der Waals surface area contributed by atoms with Gasteiger partial charge in [-0.2, -0.15) is 0 Å². The molecule has 0 aliphatic heterocycles. The van der Waals surface area contributed by atoms with E-state index in [0.29, 0.717) is 17.4 Å². The van der Waals surface area contributed by atoms with Gasteiger partial charge in [-0.1, -0.05) is 70.9 Å². The van der Waals surface area contributed by atoms with E-state index in [9.17, 15) is 19.0 Å². The minimum atomic E-state index is -4.59. The lowest BCUT2D eigenvalue weighted by molar-refractivity contribution is -0.870. The van der Waals surface area contributed by atoms with Crippen molar-refractivity contribution < 1.29 is 42.1 Å². The van der Waals surface area contributed by atoms with Crippen LogP contribution in [-0.2, 0) is 32.7 Å². The molecule has 0 aliphatic rings. The van der Waals surface area contributed by atoms with E-state index in [4.69, 9.17) is 18.5 Å². The van der Waals surface area contributed by atoms with Crippen molar-refractivity contribution in [2.45, 2.75) is 110 Å². The zero-order valence-corrected chi connectivity index (χ0v) is 25.5. The van der Waals surface area contributed by atoms with Crippen LogP contribution in [0.15, 0.2) is 12.2 Å². The van der Waals surface area contributed by atoms with Crippen molar-refractivity contribution in [2.24, 2.45) is 0 Å². The zero-order chi connectivity index (χ0) is 28.7. The lowest BCUT2D eigenvalue weighted by Crippen LogP contribution is -2.37. The van der Waals surface area contributed by atoms with E-state index < -0.39 is 32.5 Å². The molecule has 0 amide bonds. The Morgan fingerprint density at radius 3 is 2.05 bits per heavy atom. The van der Waals surface area contributed by atoms with Crippen LogP contribution in [0, 0.1) is 0 Å². The van der Waals surface area contributed by atoms with Crippen LogP contribution in [0.4, 0.5) is 0 Å². The average Bonchev–Trinajstić information content (AvgIpc) is 2.83. The Labute approximate surface area is 231 Å². The third-order valence-electron chi connectivity index (χ3n) is 5.77. The molecule has 224 valence electrons. The van der Waals surface area contributed by atoms with E-state index in [1.165, 1.54) is 6.42 Å². The second kappa shape index (κ2) is 22.6. The molecular formula is C28H54NO8P. The molecule has 0 aromatic rings. The number of carbonyl (C=O) groups is 2. The number of carbonyl (C=O) groups excluding carboxylic acids is 2. The number of likely N-dealkylation sites (N-methyl/N-ethyl adjacent to an activating group) is 1. The zero-order valence-electron chi connectivity index (χ0n) is 24.6. The summed E-state index contributed by atoms with van der Waals surface area (Å²) >= 11 is 0. The molecule has 0 spiro atoms. The Kier molecular flexibility index (Phi) is 21.8. The van der Waals surface area contributed by atoms with Gasteiger partial charge < -0.3 is 27.9 Å². The Bertz CT molecular complexity index is 693. The number of phosphoric ester groups is 1. The topological polar surface area (TPSA) is 111 Å². The lowest BCUT2D eigenvalue weighted by atomic mass is 10.1. The van der Waals surface area contributed by atoms with E-state index in [1.807, 2.05) is 21.1 Å². The molecular weight excluding hydrogens is 509 g/mol. The summed E-state index contributed by atoms with van der Waals surface area (Å²) in [6, 6.07) is 0. The van der Waals surface area contributed by atoms with Gasteiger partial charge in [0.2, 0.25) is 0 Å². The van der Waals surface area contributed by atoms with Crippen molar-refractivity contribution in [1.29, 1.82) is 0 Å². The van der Waals surface area contributed by atoms with E-state index in [0.717, 1.165) is 64.2 Å². The molecule has 0 saturated carbocycles. The van der Waals surface area contributed by atoms with Gasteiger partial charge in [0, 0.05) is 12.8 Å². The SMILES string of the molecule is CCC/C=C\CCCCCCCC(=O)OC(COC(=O)CCCCCC)COP(=O)([O-])OCC[N+](C)(C)C. The monoisotopic (exact) mass is 563 g/mol. The summed E-state index contributed by atoms with van der Waals surface area (Å²) in [5.41, 5.74) is 0. The first-order chi connectivity index (χ1) is 18.0. The van der Waals surface area contributed by atoms with Gasteiger partial charge in [0.1, 0.15) is 19.8 Å². The van der Waals surface area contributed by atoms with Gasteiger partial charge in [0.05, 0.1) is 27.7 Å². The van der Waals surface area contributed by atoms with Gasteiger partial charge in [-0.25, -0.2) is 0 Å². The summed E-state index contributed by atoms with van der Waals surface area (Å²) in [5.74, 6) is -0.872. The average molecular weight is 564 g/mol. The maximum absolute atomic E-state index is 12.4. The standard InChI is InChI=1S/C28H54NO8P/c1-6-8-10-12-13-14-15-16-17-19-21-28(31)37-26(24-34-27(30)20-18-11-9-7-2)25-36-38(32,33)35-23-22-29(3,4)5/h10,12,26H,6-9,11,13-25H2,1-5H3/b12-10-. The van der Waals surface area contributed by atoms with Crippen LogP contribution in [0.2, 0.25) is 0 Å². The van der Waals surface area contributed by atoms with Gasteiger partial charge in [0.25, 0.3) is 7.82 Å². The van der Waals surface area contributed by atoms with Crippen LogP contribution in [-0.4, -0.2) is 70.0 Å². The Morgan fingerprint density at radius 2 is 1.39 bits per heavy atom. The fourth-order valence-electron chi connectivity index (χ4n) is 3.42. The Balaban J connectivity index is 4.54. The third kappa shape index (κ3) is 25.1. The fourth-order valence-corrected chi connectivity index (χ4v) is 4.15.